The van der Waals surface area contributed by atoms with E-state index in [9.17, 15) is 28.4 Å². The standard InChI is InChI=1S/C46H58F3N7O9/c1-30(29-64-43(60)50-17-21-63-22-18-55-38(57)13-14-39(55)58)51-42(59)56(26-32-25-54(27-36(32)49)44(61)65-45(2,3)4)40(46(5)15-19-62-20-16-46)41-52-37(34-23-33(47)11-12-35(34)48)28-53(41)24-31-9-7-6-8-10-31/h6-14,23,28,30,32,36,40H,15-22,24-27,29H2,1-5H3,(H,50,60)(H,51,59). The number of imidazole rings is 1. The van der Waals surface area contributed by atoms with Crippen molar-refractivity contribution in [2.24, 2.45) is 11.3 Å². The monoisotopic (exact) mass is 909 g/mol. The second-order valence-electron chi connectivity index (χ2n) is 17.9. The summed E-state index contributed by atoms with van der Waals surface area (Å²) < 4.78 is 70.4. The number of halogens is 3. The lowest BCUT2D eigenvalue weighted by molar-refractivity contribution is -0.137. The lowest BCUT2D eigenvalue weighted by Crippen LogP contribution is -2.54. The van der Waals surface area contributed by atoms with Gasteiger partial charge < -0.3 is 43.9 Å². The molecule has 0 bridgehead atoms. The summed E-state index contributed by atoms with van der Waals surface area (Å²) in [5.41, 5.74) is -0.688. The van der Waals surface area contributed by atoms with Gasteiger partial charge in [0, 0.05) is 69.2 Å². The van der Waals surface area contributed by atoms with Crippen LogP contribution >= 0.6 is 0 Å². The number of carbonyl (C=O) groups is 5. The van der Waals surface area contributed by atoms with Crippen molar-refractivity contribution in [2.45, 2.75) is 77.9 Å². The summed E-state index contributed by atoms with van der Waals surface area (Å²) in [4.78, 5) is 73.0. The van der Waals surface area contributed by atoms with Gasteiger partial charge >= 0.3 is 18.2 Å². The minimum atomic E-state index is -1.54. The minimum absolute atomic E-state index is 0.0563. The number of hydrogen-bond donors (Lipinski definition) is 2. The molecule has 4 heterocycles. The van der Waals surface area contributed by atoms with Gasteiger partial charge in [-0.15, -0.1) is 0 Å². The lowest BCUT2D eigenvalue weighted by Gasteiger charge is -2.46. The summed E-state index contributed by atoms with van der Waals surface area (Å²) in [6.45, 7) is 9.18. The van der Waals surface area contributed by atoms with Gasteiger partial charge in [-0.1, -0.05) is 37.3 Å². The normalized spacial score (nSPS) is 19.3. The third kappa shape index (κ3) is 12.9. The summed E-state index contributed by atoms with van der Waals surface area (Å²) in [6.07, 6.45) is 1.86. The van der Waals surface area contributed by atoms with Crippen LogP contribution in [-0.2, 0) is 35.1 Å². The molecule has 6 amide bonds. The molecule has 19 heteroatoms. The average molecular weight is 910 g/mol. The van der Waals surface area contributed by atoms with E-state index in [1.165, 1.54) is 22.0 Å². The van der Waals surface area contributed by atoms with Crippen molar-refractivity contribution in [1.29, 1.82) is 0 Å². The number of hydrogen-bond acceptors (Lipinski definition) is 10. The number of carbonyl (C=O) groups excluding carboxylic acids is 5. The number of rotatable bonds is 17. The molecule has 0 spiro atoms. The number of urea groups is 1. The molecule has 0 aliphatic carbocycles. The van der Waals surface area contributed by atoms with Crippen molar-refractivity contribution in [2.75, 3.05) is 65.8 Å². The van der Waals surface area contributed by atoms with Gasteiger partial charge in [0.1, 0.15) is 35.8 Å². The van der Waals surface area contributed by atoms with Crippen molar-refractivity contribution in [1.82, 2.24) is 34.9 Å². The third-order valence-electron chi connectivity index (χ3n) is 11.5. The van der Waals surface area contributed by atoms with E-state index >= 15 is 8.78 Å². The predicted molar refractivity (Wildman–Crippen MR) is 231 cm³/mol. The third-order valence-corrected chi connectivity index (χ3v) is 11.5. The number of nitrogens with one attached hydrogen (secondary N) is 2. The van der Waals surface area contributed by atoms with Crippen molar-refractivity contribution in [3.05, 3.63) is 89.9 Å². The highest BCUT2D eigenvalue weighted by atomic mass is 19.1. The maximum Gasteiger partial charge on any atom is 0.410 e. The molecule has 3 aromatic rings. The van der Waals surface area contributed by atoms with E-state index in [4.69, 9.17) is 23.9 Å². The molecule has 65 heavy (non-hydrogen) atoms. The molecule has 0 saturated carbocycles. The van der Waals surface area contributed by atoms with Crippen LogP contribution in [0.1, 0.15) is 64.9 Å². The topological polar surface area (TPSA) is 174 Å². The second kappa shape index (κ2) is 21.4. The van der Waals surface area contributed by atoms with Crippen molar-refractivity contribution < 1.29 is 56.1 Å². The van der Waals surface area contributed by atoms with Gasteiger partial charge in [-0.05, 0) is 69.7 Å². The number of amides is 6. The molecular formula is C46H58F3N7O9. The molecule has 4 atom stereocenters. The van der Waals surface area contributed by atoms with Crippen LogP contribution in [0.15, 0.2) is 66.9 Å². The predicted octanol–water partition coefficient (Wildman–Crippen LogP) is 6.01. The molecular weight excluding hydrogens is 852 g/mol. The number of likely N-dealkylation sites (tertiary alicyclic amines) is 1. The maximum absolute atomic E-state index is 16.2. The van der Waals surface area contributed by atoms with Crippen LogP contribution in [0.3, 0.4) is 0 Å². The fourth-order valence-corrected chi connectivity index (χ4v) is 8.08. The van der Waals surface area contributed by atoms with E-state index in [0.717, 1.165) is 28.7 Å². The van der Waals surface area contributed by atoms with Gasteiger partial charge in [-0.2, -0.15) is 0 Å². The molecule has 0 radical (unpaired) electrons. The fraction of sp³-hybridized carbons (Fsp3) is 0.522. The van der Waals surface area contributed by atoms with Gasteiger partial charge in [-0.3, -0.25) is 14.5 Å². The molecule has 16 nitrogen and oxygen atoms in total. The summed E-state index contributed by atoms with van der Waals surface area (Å²) in [5.74, 6) is -2.74. The van der Waals surface area contributed by atoms with E-state index in [2.05, 4.69) is 10.6 Å². The summed E-state index contributed by atoms with van der Waals surface area (Å²) >= 11 is 0. The number of nitrogens with zero attached hydrogens (tertiary/aromatic N) is 5. The zero-order valence-corrected chi connectivity index (χ0v) is 37.4. The van der Waals surface area contributed by atoms with Gasteiger partial charge in [0.2, 0.25) is 0 Å². The molecule has 3 aliphatic rings. The zero-order valence-electron chi connectivity index (χ0n) is 37.4. The molecule has 4 unspecified atom stereocenters. The summed E-state index contributed by atoms with van der Waals surface area (Å²) in [6, 6.07) is 10.2. The van der Waals surface area contributed by atoms with Crippen LogP contribution in [0.2, 0.25) is 0 Å². The first-order valence-electron chi connectivity index (χ1n) is 21.8. The summed E-state index contributed by atoms with van der Waals surface area (Å²) in [7, 11) is 0. The first-order valence-corrected chi connectivity index (χ1v) is 21.8. The molecule has 1 aromatic heterocycles. The Morgan fingerprint density at radius 1 is 1.02 bits per heavy atom. The Bertz CT molecular complexity index is 2180. The Balaban J connectivity index is 1.26. The Morgan fingerprint density at radius 3 is 2.42 bits per heavy atom. The molecule has 2 saturated heterocycles. The number of imide groups is 1. The number of alkyl carbamates (subject to hydrolysis) is 1. The molecule has 2 N–H and O–H groups in total. The van der Waals surface area contributed by atoms with E-state index < -0.39 is 76.9 Å². The van der Waals surface area contributed by atoms with Crippen LogP contribution in [0.4, 0.5) is 27.6 Å². The van der Waals surface area contributed by atoms with E-state index in [1.54, 1.807) is 38.5 Å². The number of alkyl halides is 1. The number of benzene rings is 2. The van der Waals surface area contributed by atoms with E-state index in [0.29, 0.717) is 31.9 Å². The highest BCUT2D eigenvalue weighted by molar-refractivity contribution is 6.12. The Morgan fingerprint density at radius 2 is 1.72 bits per heavy atom. The van der Waals surface area contributed by atoms with Crippen molar-refractivity contribution in [3.8, 4) is 11.3 Å². The van der Waals surface area contributed by atoms with Crippen molar-refractivity contribution >= 4 is 30.0 Å². The van der Waals surface area contributed by atoms with Crippen LogP contribution in [0, 0.1) is 23.0 Å². The van der Waals surface area contributed by atoms with Crippen LogP contribution < -0.4 is 10.6 Å². The Kier molecular flexibility index (Phi) is 15.9. The van der Waals surface area contributed by atoms with Gasteiger partial charge in [0.05, 0.1) is 44.1 Å². The quantitative estimate of drug-likeness (QED) is 0.121. The highest BCUT2D eigenvalue weighted by Gasteiger charge is 2.48. The van der Waals surface area contributed by atoms with Crippen LogP contribution in [0.25, 0.3) is 11.3 Å². The largest absolute Gasteiger partial charge is 0.447 e. The number of aromatic nitrogens is 2. The SMILES string of the molecule is CC(COC(=O)NCCOCCN1C(=O)C=CC1=O)NC(=O)N(CC1CN(C(=O)OC(C)(C)C)CC1F)C(c1nc(-c2cc(F)ccc2F)cn1Cc1ccccc1)C1(C)CCOCC1. The number of ether oxygens (including phenoxy) is 4. The van der Waals surface area contributed by atoms with Crippen LogP contribution in [-0.4, -0.2) is 138 Å². The fourth-order valence-electron chi connectivity index (χ4n) is 8.08. The first-order chi connectivity index (χ1) is 30.9. The molecule has 352 valence electrons. The smallest absolute Gasteiger partial charge is 0.410 e. The highest BCUT2D eigenvalue weighted by Crippen LogP contribution is 2.47. The molecule has 3 aliphatic heterocycles. The van der Waals surface area contributed by atoms with Crippen LogP contribution in [0.5, 0.6) is 0 Å². The van der Waals surface area contributed by atoms with Gasteiger partial charge in [-0.25, -0.2) is 32.5 Å². The second-order valence-corrected chi connectivity index (χ2v) is 17.9. The van der Waals surface area contributed by atoms with Gasteiger partial charge in [0.15, 0.2) is 0 Å². The Labute approximate surface area is 376 Å². The zero-order chi connectivity index (χ0) is 46.9. The Hall–Kier alpha value is -5.95. The molecule has 2 aromatic carbocycles. The van der Waals surface area contributed by atoms with Gasteiger partial charge in [0.25, 0.3) is 11.8 Å². The molecule has 2 fully saturated rings. The van der Waals surface area contributed by atoms with Crippen molar-refractivity contribution in [3.63, 3.8) is 0 Å². The average Bonchev–Trinajstić information content (AvgIpc) is 3.94. The van der Waals surface area contributed by atoms with E-state index in [-0.39, 0.29) is 70.3 Å². The van der Waals surface area contributed by atoms with E-state index in [1.807, 2.05) is 37.3 Å². The molecule has 6 rings (SSSR count). The minimum Gasteiger partial charge on any atom is -0.447 e. The first kappa shape index (κ1) is 48.5. The summed E-state index contributed by atoms with van der Waals surface area (Å²) in [5, 5.41) is 5.48. The maximum atomic E-state index is 16.2. The lowest BCUT2D eigenvalue weighted by atomic mass is 9.74.